The van der Waals surface area contributed by atoms with Crippen molar-refractivity contribution in [3.8, 4) is 0 Å². The van der Waals surface area contributed by atoms with Crippen molar-refractivity contribution in [2.45, 2.75) is 23.5 Å². The van der Waals surface area contributed by atoms with Crippen LogP contribution >= 0.6 is 11.8 Å². The van der Waals surface area contributed by atoms with E-state index in [4.69, 9.17) is 10.9 Å². The minimum Gasteiger partial charge on any atom is -0.396 e. The molecule has 1 atom stereocenters. The van der Waals surface area contributed by atoms with E-state index < -0.39 is 4.92 Å². The van der Waals surface area contributed by atoms with Crippen molar-refractivity contribution >= 4 is 23.1 Å². The molecule has 1 rings (SSSR count). The summed E-state index contributed by atoms with van der Waals surface area (Å²) in [7, 11) is 0. The fourth-order valence-electron chi connectivity index (χ4n) is 1.38. The van der Waals surface area contributed by atoms with Crippen LogP contribution in [-0.2, 0) is 0 Å². The smallest absolute Gasteiger partial charge is 0.307 e. The summed E-state index contributed by atoms with van der Waals surface area (Å²) < 4.78 is 0. The first-order chi connectivity index (χ1) is 8.10. The number of aliphatic hydroxyl groups is 1. The monoisotopic (exact) mass is 257 g/mol. The zero-order chi connectivity index (χ0) is 12.8. The lowest BCUT2D eigenvalue weighted by Gasteiger charge is -2.11. The molecule has 1 aromatic carbocycles. The van der Waals surface area contributed by atoms with E-state index in [2.05, 4.69) is 5.43 Å². The summed E-state index contributed by atoms with van der Waals surface area (Å²) in [6, 6.07) is 4.94. The Bertz CT molecular complexity index is 400. The lowest BCUT2D eigenvalue weighted by atomic mass is 10.3. The summed E-state index contributed by atoms with van der Waals surface area (Å²) in [5.41, 5.74) is 2.58. The van der Waals surface area contributed by atoms with E-state index in [1.165, 1.54) is 11.8 Å². The van der Waals surface area contributed by atoms with Crippen LogP contribution in [0.1, 0.15) is 13.3 Å². The first-order valence-corrected chi connectivity index (χ1v) is 5.99. The maximum atomic E-state index is 11.0. The third kappa shape index (κ3) is 3.58. The van der Waals surface area contributed by atoms with Crippen molar-refractivity contribution < 1.29 is 10.0 Å². The molecule has 0 fully saturated rings. The van der Waals surface area contributed by atoms with Gasteiger partial charge >= 0.3 is 5.69 Å². The summed E-state index contributed by atoms with van der Waals surface area (Å²) in [5, 5.41) is 19.9. The van der Waals surface area contributed by atoms with Gasteiger partial charge in [-0.05, 0) is 18.6 Å². The molecule has 0 heterocycles. The molecule has 0 bridgehead atoms. The van der Waals surface area contributed by atoms with Crippen LogP contribution in [0.4, 0.5) is 11.4 Å². The molecule has 0 saturated heterocycles. The van der Waals surface area contributed by atoms with Gasteiger partial charge in [-0.3, -0.25) is 16.0 Å². The van der Waals surface area contributed by atoms with Crippen LogP contribution in [-0.4, -0.2) is 21.9 Å². The quantitative estimate of drug-likeness (QED) is 0.310. The Hall–Kier alpha value is -1.31. The minimum absolute atomic E-state index is 0.0233. The van der Waals surface area contributed by atoms with E-state index in [0.29, 0.717) is 11.3 Å². The molecule has 6 nitrogen and oxygen atoms in total. The number of benzene rings is 1. The molecule has 0 aliphatic rings. The van der Waals surface area contributed by atoms with E-state index in [1.54, 1.807) is 18.2 Å². The highest BCUT2D eigenvalue weighted by molar-refractivity contribution is 8.00. The first-order valence-electron chi connectivity index (χ1n) is 5.11. The van der Waals surface area contributed by atoms with Gasteiger partial charge in [0.05, 0.1) is 9.82 Å². The number of nitrogens with zero attached hydrogens (tertiary/aromatic N) is 1. The number of nitrogen functional groups attached to an aromatic ring is 1. The van der Waals surface area contributed by atoms with E-state index >= 15 is 0 Å². The summed E-state index contributed by atoms with van der Waals surface area (Å²) >= 11 is 1.36. The highest BCUT2D eigenvalue weighted by Crippen LogP contribution is 2.37. The van der Waals surface area contributed by atoms with Crippen LogP contribution in [0.5, 0.6) is 0 Å². The van der Waals surface area contributed by atoms with Crippen molar-refractivity contribution in [1.29, 1.82) is 0 Å². The molecule has 0 aliphatic carbocycles. The number of nitro groups is 1. The maximum absolute atomic E-state index is 11.0. The number of rotatable bonds is 6. The second-order valence-corrected chi connectivity index (χ2v) is 4.97. The van der Waals surface area contributed by atoms with Gasteiger partial charge in [0.2, 0.25) is 0 Å². The van der Waals surface area contributed by atoms with Crippen LogP contribution < -0.4 is 11.3 Å². The summed E-state index contributed by atoms with van der Waals surface area (Å²) in [6.07, 6.45) is 0.585. The number of hydrazine groups is 1. The van der Waals surface area contributed by atoms with Crippen molar-refractivity contribution in [2.75, 3.05) is 12.0 Å². The highest BCUT2D eigenvalue weighted by atomic mass is 32.2. The number of nitrogens with two attached hydrogens (primary N) is 1. The van der Waals surface area contributed by atoms with Crippen LogP contribution in [0.25, 0.3) is 0 Å². The van der Waals surface area contributed by atoms with E-state index in [-0.39, 0.29) is 23.2 Å². The zero-order valence-electron chi connectivity index (χ0n) is 9.42. The Morgan fingerprint density at radius 2 is 2.35 bits per heavy atom. The first kappa shape index (κ1) is 13.8. The fraction of sp³-hybridized carbons (Fsp3) is 0.400. The molecular formula is C10H15N3O3S. The van der Waals surface area contributed by atoms with E-state index in [0.717, 1.165) is 0 Å². The molecule has 7 heteroatoms. The second-order valence-electron chi connectivity index (χ2n) is 3.49. The number of nitro benzene ring substituents is 1. The number of thioether (sulfide) groups is 1. The molecule has 0 radical (unpaired) electrons. The molecule has 17 heavy (non-hydrogen) atoms. The van der Waals surface area contributed by atoms with Gasteiger partial charge < -0.3 is 10.5 Å². The van der Waals surface area contributed by atoms with E-state index in [9.17, 15) is 10.1 Å². The molecule has 1 unspecified atom stereocenters. The standard InChI is InChI=1S/C10H15N3O3S/c1-7(5-6-14)17-9-4-2-3-8(12-11)10(9)13(15)16/h2-4,7,12,14H,5-6,11H2,1H3. The molecule has 1 aromatic rings. The molecule has 0 aromatic heterocycles. The predicted molar refractivity (Wildman–Crippen MR) is 67.9 cm³/mol. The highest BCUT2D eigenvalue weighted by Gasteiger charge is 2.20. The normalized spacial score (nSPS) is 12.2. The molecule has 0 spiro atoms. The number of aliphatic hydroxyl groups excluding tert-OH is 1. The SMILES string of the molecule is CC(CCO)Sc1cccc(NN)c1[N+](=O)[O-]. The summed E-state index contributed by atoms with van der Waals surface area (Å²) in [4.78, 5) is 11.1. The predicted octanol–water partition coefficient (Wildman–Crippen LogP) is 1.74. The molecule has 94 valence electrons. The number of hydrogen-bond acceptors (Lipinski definition) is 6. The van der Waals surface area contributed by atoms with Gasteiger partial charge in [0, 0.05) is 11.9 Å². The molecule has 0 amide bonds. The Morgan fingerprint density at radius 1 is 1.65 bits per heavy atom. The zero-order valence-corrected chi connectivity index (χ0v) is 10.2. The van der Waals surface area contributed by atoms with E-state index in [1.807, 2.05) is 6.92 Å². The lowest BCUT2D eigenvalue weighted by molar-refractivity contribution is -0.386. The van der Waals surface area contributed by atoms with Crippen molar-refractivity contribution in [3.63, 3.8) is 0 Å². The average Bonchev–Trinajstić information content (AvgIpc) is 2.28. The van der Waals surface area contributed by atoms with Crippen LogP contribution in [0, 0.1) is 10.1 Å². The number of hydrogen-bond donors (Lipinski definition) is 3. The minimum atomic E-state index is -0.455. The molecule has 0 saturated carbocycles. The third-order valence-corrected chi connectivity index (χ3v) is 3.42. The van der Waals surface area contributed by atoms with Gasteiger partial charge in [0.1, 0.15) is 5.69 Å². The van der Waals surface area contributed by atoms with Gasteiger partial charge in [-0.1, -0.05) is 13.0 Å². The molecule has 0 aliphatic heterocycles. The van der Waals surface area contributed by atoms with Gasteiger partial charge in [0.25, 0.3) is 0 Å². The Kier molecular flexibility index (Phi) is 5.20. The lowest BCUT2D eigenvalue weighted by Crippen LogP contribution is -2.10. The Balaban J connectivity index is 3.02. The van der Waals surface area contributed by atoms with Crippen molar-refractivity contribution in [2.24, 2.45) is 5.84 Å². The Morgan fingerprint density at radius 3 is 2.88 bits per heavy atom. The topological polar surface area (TPSA) is 101 Å². The summed E-state index contributed by atoms with van der Waals surface area (Å²) in [5.74, 6) is 5.24. The fourth-order valence-corrected chi connectivity index (χ4v) is 2.49. The largest absolute Gasteiger partial charge is 0.396 e. The number of para-hydroxylation sites is 1. The maximum Gasteiger partial charge on any atom is 0.307 e. The second kappa shape index (κ2) is 6.43. The number of anilines is 1. The van der Waals surface area contributed by atoms with Crippen LogP contribution in [0.3, 0.4) is 0 Å². The summed E-state index contributed by atoms with van der Waals surface area (Å²) in [6.45, 7) is 1.98. The van der Waals surface area contributed by atoms with Crippen LogP contribution in [0.2, 0.25) is 0 Å². The van der Waals surface area contributed by atoms with Gasteiger partial charge in [0.15, 0.2) is 0 Å². The third-order valence-electron chi connectivity index (χ3n) is 2.20. The molecule has 4 N–H and O–H groups in total. The van der Waals surface area contributed by atoms with Gasteiger partial charge in [-0.15, -0.1) is 11.8 Å². The van der Waals surface area contributed by atoms with Crippen LogP contribution in [0.15, 0.2) is 23.1 Å². The van der Waals surface area contributed by atoms with Gasteiger partial charge in [-0.25, -0.2) is 0 Å². The number of nitrogens with one attached hydrogen (secondary N) is 1. The average molecular weight is 257 g/mol. The van der Waals surface area contributed by atoms with Gasteiger partial charge in [-0.2, -0.15) is 0 Å². The van der Waals surface area contributed by atoms with Crippen molar-refractivity contribution in [1.82, 2.24) is 0 Å². The molecular weight excluding hydrogens is 242 g/mol. The van der Waals surface area contributed by atoms with Crippen molar-refractivity contribution in [3.05, 3.63) is 28.3 Å². The Labute approximate surface area is 103 Å².